The van der Waals surface area contributed by atoms with Crippen molar-refractivity contribution in [2.24, 2.45) is 5.18 Å². The summed E-state index contributed by atoms with van der Waals surface area (Å²) in [6, 6.07) is 3.35. The molecule has 0 aliphatic heterocycles. The zero-order valence-electron chi connectivity index (χ0n) is 13.5. The molecule has 2 rings (SSSR count). The van der Waals surface area contributed by atoms with Crippen molar-refractivity contribution in [1.29, 1.82) is 5.41 Å². The molecule has 1 unspecified atom stereocenters. The van der Waals surface area contributed by atoms with Gasteiger partial charge in [-0.05, 0) is 26.0 Å². The highest BCUT2D eigenvalue weighted by molar-refractivity contribution is 5.95. The topological polar surface area (TPSA) is 113 Å². The number of nitrogens with zero attached hydrogens (tertiary/aromatic N) is 3. The molecule has 2 N–H and O–H groups in total. The van der Waals surface area contributed by atoms with E-state index in [1.54, 1.807) is 29.2 Å². The van der Waals surface area contributed by atoms with Crippen molar-refractivity contribution in [3.8, 4) is 0 Å². The maximum absolute atomic E-state index is 10.9. The van der Waals surface area contributed by atoms with Gasteiger partial charge in [0.25, 0.3) is 0 Å². The molecule has 0 saturated heterocycles. The van der Waals surface area contributed by atoms with Crippen LogP contribution in [0.4, 0.5) is 0 Å². The number of aromatic amines is 1. The number of aromatic nitrogens is 3. The molecule has 24 heavy (non-hydrogen) atoms. The van der Waals surface area contributed by atoms with E-state index in [0.717, 1.165) is 6.21 Å². The van der Waals surface area contributed by atoms with Crippen molar-refractivity contribution < 1.29 is 9.53 Å². The fraction of sp³-hybridized carbons (Fsp3) is 0.312. The second-order valence-electron chi connectivity index (χ2n) is 5.04. The van der Waals surface area contributed by atoms with Crippen LogP contribution in [-0.4, -0.2) is 40.4 Å². The maximum atomic E-state index is 10.9. The van der Waals surface area contributed by atoms with E-state index in [-0.39, 0.29) is 12.8 Å². The Morgan fingerprint density at radius 3 is 2.92 bits per heavy atom. The van der Waals surface area contributed by atoms with E-state index in [1.165, 1.54) is 0 Å². The lowest BCUT2D eigenvalue weighted by atomic mass is 10.0. The van der Waals surface area contributed by atoms with Crippen LogP contribution in [0.5, 0.6) is 0 Å². The van der Waals surface area contributed by atoms with Gasteiger partial charge in [0.2, 0.25) is 0 Å². The van der Waals surface area contributed by atoms with Gasteiger partial charge in [-0.15, -0.1) is 0 Å². The van der Waals surface area contributed by atoms with Gasteiger partial charge in [0.1, 0.15) is 12.8 Å². The first-order valence-electron chi connectivity index (χ1n) is 7.48. The average Bonchev–Trinajstić information content (AvgIpc) is 3.24. The Balaban J connectivity index is 2.52. The van der Waals surface area contributed by atoms with Gasteiger partial charge in [-0.3, -0.25) is 4.79 Å². The minimum absolute atomic E-state index is 0.152. The van der Waals surface area contributed by atoms with E-state index in [9.17, 15) is 9.70 Å². The summed E-state index contributed by atoms with van der Waals surface area (Å²) in [5.41, 5.74) is 2.74. The van der Waals surface area contributed by atoms with Crippen LogP contribution in [-0.2, 0) is 4.74 Å². The lowest BCUT2D eigenvalue weighted by molar-refractivity contribution is 0.0159. The van der Waals surface area contributed by atoms with E-state index in [2.05, 4.69) is 15.3 Å². The molecule has 0 bridgehead atoms. The lowest BCUT2D eigenvalue weighted by Crippen LogP contribution is -2.09. The van der Waals surface area contributed by atoms with E-state index < -0.39 is 0 Å². The largest absolute Gasteiger partial charge is 0.357 e. The molecular weight excluding hydrogens is 310 g/mol. The van der Waals surface area contributed by atoms with E-state index >= 15 is 0 Å². The maximum Gasteiger partial charge on any atom is 0.166 e. The van der Waals surface area contributed by atoms with Gasteiger partial charge in [-0.2, -0.15) is 10.0 Å². The number of ether oxygens (including phenoxy) is 1. The predicted octanol–water partition coefficient (Wildman–Crippen LogP) is 2.80. The molecule has 8 nitrogen and oxygen atoms in total. The number of hydrogen-bond acceptors (Lipinski definition) is 6. The predicted molar refractivity (Wildman–Crippen MR) is 90.2 cm³/mol. The fourth-order valence-electron chi connectivity index (χ4n) is 2.39. The number of nitroso groups, excluding NO2 is 1. The fourth-order valence-corrected chi connectivity index (χ4v) is 2.39. The van der Waals surface area contributed by atoms with E-state index in [1.807, 2.05) is 13.8 Å². The minimum atomic E-state index is -0.244. The Morgan fingerprint density at radius 1 is 1.54 bits per heavy atom. The molecule has 0 aromatic carbocycles. The van der Waals surface area contributed by atoms with Crippen molar-refractivity contribution in [3.05, 3.63) is 52.0 Å². The number of nitrogens with one attached hydrogen (secondary N) is 2. The Kier molecular flexibility index (Phi) is 5.91. The number of carbonyl (C=O) groups excluding carboxylic acids is 1. The van der Waals surface area contributed by atoms with Crippen LogP contribution < -0.4 is 0 Å². The molecule has 0 saturated carbocycles. The molecule has 126 valence electrons. The van der Waals surface area contributed by atoms with Gasteiger partial charge < -0.3 is 15.1 Å². The summed E-state index contributed by atoms with van der Waals surface area (Å²) in [5, 5.41) is 14.7. The Morgan fingerprint density at radius 2 is 2.33 bits per heavy atom. The quantitative estimate of drug-likeness (QED) is 0.418. The summed E-state index contributed by atoms with van der Waals surface area (Å²) in [6.45, 7) is 4.17. The zero-order valence-corrected chi connectivity index (χ0v) is 13.5. The summed E-state index contributed by atoms with van der Waals surface area (Å²) >= 11 is 0. The molecule has 0 spiro atoms. The number of hydrogen-bond donors (Lipinski definition) is 2. The third-order valence-corrected chi connectivity index (χ3v) is 3.51. The zero-order chi connectivity index (χ0) is 17.5. The lowest BCUT2D eigenvalue weighted by Gasteiger charge is -2.11. The van der Waals surface area contributed by atoms with Gasteiger partial charge in [0.05, 0.1) is 11.9 Å². The van der Waals surface area contributed by atoms with Crippen LogP contribution in [0.15, 0.2) is 35.3 Å². The highest BCUT2D eigenvalue weighted by Gasteiger charge is 2.16. The third-order valence-electron chi connectivity index (χ3n) is 3.51. The highest BCUT2D eigenvalue weighted by Crippen LogP contribution is 2.26. The first kappa shape index (κ1) is 17.5. The Labute approximate surface area is 139 Å². The summed E-state index contributed by atoms with van der Waals surface area (Å²) in [4.78, 5) is 24.6. The van der Waals surface area contributed by atoms with Crippen molar-refractivity contribution in [1.82, 2.24) is 14.8 Å². The molecule has 1 atom stereocenters. The van der Waals surface area contributed by atoms with Crippen molar-refractivity contribution in [2.75, 3.05) is 13.2 Å². The van der Waals surface area contributed by atoms with Gasteiger partial charge in [0.15, 0.2) is 6.29 Å². The summed E-state index contributed by atoms with van der Waals surface area (Å²) in [5.74, 6) is 0. The smallest absolute Gasteiger partial charge is 0.166 e. The molecule has 2 aromatic heterocycles. The van der Waals surface area contributed by atoms with E-state index in [0.29, 0.717) is 41.0 Å². The molecule has 0 amide bonds. The van der Waals surface area contributed by atoms with Gasteiger partial charge >= 0.3 is 0 Å². The number of aldehydes is 1. The molecule has 2 heterocycles. The molecule has 0 aliphatic rings. The van der Waals surface area contributed by atoms with Gasteiger partial charge in [0, 0.05) is 41.4 Å². The molecule has 0 fully saturated rings. The minimum Gasteiger partial charge on any atom is -0.357 e. The van der Waals surface area contributed by atoms with Gasteiger partial charge in [-0.25, -0.2) is 4.68 Å². The van der Waals surface area contributed by atoms with Gasteiger partial charge in [-0.1, -0.05) is 5.18 Å². The summed E-state index contributed by atoms with van der Waals surface area (Å²) in [7, 11) is 0. The standard InChI is InChI=1S/C16H19N5O3/c1-3-24-11(2)21-9-13(7-18-21)16(12(6-17)8-19-23)15-5-4-14(10-22)20-15/h4-7,9-11,17,20H,3,8H2,1-2H3/b16-12+,17-6?. The highest BCUT2D eigenvalue weighted by atomic mass is 16.5. The van der Waals surface area contributed by atoms with Crippen LogP contribution in [0.1, 0.15) is 41.8 Å². The molecule has 2 aromatic rings. The number of carbonyl (C=O) groups is 1. The van der Waals surface area contributed by atoms with Crippen molar-refractivity contribution >= 4 is 18.1 Å². The monoisotopic (exact) mass is 329 g/mol. The summed E-state index contributed by atoms with van der Waals surface area (Å²) in [6.07, 6.45) is 4.93. The van der Waals surface area contributed by atoms with Crippen LogP contribution in [0.3, 0.4) is 0 Å². The molecule has 0 radical (unpaired) electrons. The van der Waals surface area contributed by atoms with Crippen LogP contribution >= 0.6 is 0 Å². The van der Waals surface area contributed by atoms with Crippen LogP contribution in [0, 0.1) is 10.3 Å². The average molecular weight is 329 g/mol. The SMILES string of the molecule is CCOC(C)n1cc(/C(=C(/C=N)CN=O)c2ccc(C=O)[nH]2)cn1. The molecular formula is C16H19N5O3. The van der Waals surface area contributed by atoms with Crippen molar-refractivity contribution in [3.63, 3.8) is 0 Å². The first-order valence-corrected chi connectivity index (χ1v) is 7.48. The second-order valence-corrected chi connectivity index (χ2v) is 5.04. The number of rotatable bonds is 9. The summed E-state index contributed by atoms with van der Waals surface area (Å²) < 4.78 is 7.15. The third kappa shape index (κ3) is 3.72. The second kappa shape index (κ2) is 8.11. The molecule has 0 aliphatic carbocycles. The number of H-pyrrole nitrogens is 1. The first-order chi connectivity index (χ1) is 11.6. The van der Waals surface area contributed by atoms with Crippen LogP contribution in [0.2, 0.25) is 0 Å². The Bertz CT molecular complexity index is 759. The normalized spacial score (nSPS) is 13.2. The van der Waals surface area contributed by atoms with Crippen LogP contribution in [0.25, 0.3) is 5.57 Å². The Hall–Kier alpha value is -2.87. The van der Waals surface area contributed by atoms with Crippen molar-refractivity contribution in [2.45, 2.75) is 20.1 Å². The molecule has 8 heteroatoms. The van der Waals surface area contributed by atoms with E-state index in [4.69, 9.17) is 10.1 Å².